The van der Waals surface area contributed by atoms with Crippen molar-refractivity contribution in [2.45, 2.75) is 0 Å². The molecule has 0 unspecified atom stereocenters. The third kappa shape index (κ3) is 1.79. The van der Waals surface area contributed by atoms with Crippen molar-refractivity contribution in [2.75, 3.05) is 0 Å². The Labute approximate surface area is 104 Å². The number of terminal acetylenes is 3. The van der Waals surface area contributed by atoms with E-state index in [-0.39, 0.29) is 15.1 Å². The maximum Gasteiger partial charge on any atom is 0.0804 e. The molecule has 0 aromatic heterocycles. The van der Waals surface area contributed by atoms with Crippen LogP contribution in [-0.4, -0.2) is 0 Å². The summed E-state index contributed by atoms with van der Waals surface area (Å²) in [5.74, 6) is 7.05. The molecule has 0 bridgehead atoms. The van der Waals surface area contributed by atoms with Crippen molar-refractivity contribution in [3.8, 4) is 37.0 Å². The van der Waals surface area contributed by atoms with Gasteiger partial charge >= 0.3 is 0 Å². The first-order chi connectivity index (χ1) is 7.08. The molecule has 0 N–H and O–H groups in total. The molecule has 72 valence electrons. The Bertz CT molecular complexity index is 507. The van der Waals surface area contributed by atoms with Gasteiger partial charge in [0, 0.05) is 0 Å². The van der Waals surface area contributed by atoms with Gasteiger partial charge in [0.15, 0.2) is 0 Å². The van der Waals surface area contributed by atoms with Crippen molar-refractivity contribution in [1.82, 2.24) is 0 Å². The van der Waals surface area contributed by atoms with Crippen LogP contribution in [0.1, 0.15) is 16.7 Å². The Morgan fingerprint density at radius 3 is 1.20 bits per heavy atom. The van der Waals surface area contributed by atoms with Crippen LogP contribution in [0.3, 0.4) is 0 Å². The first kappa shape index (κ1) is 11.8. The van der Waals surface area contributed by atoms with Crippen molar-refractivity contribution in [1.29, 1.82) is 0 Å². The number of benzene rings is 1. The Morgan fingerprint density at radius 1 is 0.600 bits per heavy atom. The highest BCUT2D eigenvalue weighted by molar-refractivity contribution is 6.49. The molecule has 0 amide bonds. The van der Waals surface area contributed by atoms with E-state index in [0.717, 1.165) is 0 Å². The summed E-state index contributed by atoms with van der Waals surface area (Å²) in [5, 5.41) is 0.422. The Morgan fingerprint density at radius 2 is 0.933 bits per heavy atom. The second-order valence-electron chi connectivity index (χ2n) is 2.50. The molecule has 0 fully saturated rings. The van der Waals surface area contributed by atoms with Crippen LogP contribution < -0.4 is 0 Å². The number of hydrogen-bond acceptors (Lipinski definition) is 0. The van der Waals surface area contributed by atoms with Gasteiger partial charge in [-0.15, -0.1) is 19.3 Å². The van der Waals surface area contributed by atoms with Gasteiger partial charge in [0.05, 0.1) is 31.8 Å². The van der Waals surface area contributed by atoms with E-state index in [0.29, 0.717) is 16.7 Å². The van der Waals surface area contributed by atoms with Gasteiger partial charge in [-0.25, -0.2) is 0 Å². The van der Waals surface area contributed by atoms with E-state index >= 15 is 0 Å². The van der Waals surface area contributed by atoms with E-state index < -0.39 is 0 Å². The van der Waals surface area contributed by atoms with E-state index in [4.69, 9.17) is 54.1 Å². The molecule has 0 saturated carbocycles. The van der Waals surface area contributed by atoms with Crippen LogP contribution in [0.5, 0.6) is 0 Å². The molecular weight excluding hydrogens is 250 g/mol. The molecule has 3 heteroatoms. The average molecular weight is 254 g/mol. The van der Waals surface area contributed by atoms with Crippen LogP contribution in [0.2, 0.25) is 15.1 Å². The summed E-state index contributed by atoms with van der Waals surface area (Å²) < 4.78 is 0. The van der Waals surface area contributed by atoms with E-state index in [1.54, 1.807) is 0 Å². The molecule has 1 rings (SSSR count). The third-order valence-electron chi connectivity index (χ3n) is 1.76. The van der Waals surface area contributed by atoms with Crippen molar-refractivity contribution in [3.05, 3.63) is 31.8 Å². The zero-order valence-corrected chi connectivity index (χ0v) is 9.63. The van der Waals surface area contributed by atoms with Gasteiger partial charge in [0.2, 0.25) is 0 Å². The third-order valence-corrected chi connectivity index (χ3v) is 3.08. The lowest BCUT2D eigenvalue weighted by Gasteiger charge is -2.08. The topological polar surface area (TPSA) is 0 Å². The van der Waals surface area contributed by atoms with E-state index in [1.807, 2.05) is 0 Å². The maximum absolute atomic E-state index is 5.89. The minimum atomic E-state index is 0.123. The maximum atomic E-state index is 5.89. The molecule has 0 atom stereocenters. The largest absolute Gasteiger partial charge is 0.115 e. The Balaban J connectivity index is 3.90. The van der Waals surface area contributed by atoms with E-state index in [1.165, 1.54) is 0 Å². The van der Waals surface area contributed by atoms with Gasteiger partial charge in [-0.05, 0) is 0 Å². The molecule has 0 nitrogen and oxygen atoms in total. The van der Waals surface area contributed by atoms with Crippen molar-refractivity contribution < 1.29 is 0 Å². The highest BCUT2D eigenvalue weighted by atomic mass is 35.5. The van der Waals surface area contributed by atoms with Crippen LogP contribution in [0.15, 0.2) is 0 Å². The van der Waals surface area contributed by atoms with Gasteiger partial charge in [-0.1, -0.05) is 52.6 Å². The molecule has 0 aliphatic carbocycles. The van der Waals surface area contributed by atoms with Crippen molar-refractivity contribution >= 4 is 34.8 Å². The standard InChI is InChI=1S/C12H3Cl3/c1-4-7-8(5-2)10(13)12(15)11(14)9(7)6-3/h1-3H. The number of rotatable bonds is 0. The molecule has 0 aliphatic rings. The molecule has 0 radical (unpaired) electrons. The van der Waals surface area contributed by atoms with Crippen molar-refractivity contribution in [3.63, 3.8) is 0 Å². The minimum absolute atomic E-state index is 0.123. The first-order valence-electron chi connectivity index (χ1n) is 3.68. The summed E-state index contributed by atoms with van der Waals surface area (Å²) in [6.45, 7) is 0. The summed E-state index contributed by atoms with van der Waals surface area (Å²) in [7, 11) is 0. The van der Waals surface area contributed by atoms with Gasteiger partial charge in [0.25, 0.3) is 0 Å². The first-order valence-corrected chi connectivity index (χ1v) is 4.82. The SMILES string of the molecule is C#Cc1c(Cl)c(Cl)c(Cl)c(C#C)c1C#C. The lowest BCUT2D eigenvalue weighted by atomic mass is 10.0. The normalized spacial score (nSPS) is 8.80. The molecular formula is C12H3Cl3. The van der Waals surface area contributed by atoms with Gasteiger partial charge < -0.3 is 0 Å². The summed E-state index contributed by atoms with van der Waals surface area (Å²) >= 11 is 17.6. The number of halogens is 3. The predicted octanol–water partition coefficient (Wildman–Crippen LogP) is 3.59. The van der Waals surface area contributed by atoms with E-state index in [9.17, 15) is 0 Å². The second-order valence-corrected chi connectivity index (χ2v) is 3.63. The molecule has 0 spiro atoms. The molecule has 1 aromatic rings. The second kappa shape index (κ2) is 4.53. The van der Waals surface area contributed by atoms with Crippen LogP contribution in [-0.2, 0) is 0 Å². The summed E-state index contributed by atoms with van der Waals surface area (Å²) in [6.07, 6.45) is 15.8. The monoisotopic (exact) mass is 252 g/mol. The summed E-state index contributed by atoms with van der Waals surface area (Å²) in [4.78, 5) is 0. The fourth-order valence-corrected chi connectivity index (χ4v) is 1.80. The fraction of sp³-hybridized carbons (Fsp3) is 0. The molecule has 0 aliphatic heterocycles. The molecule has 0 saturated heterocycles. The average Bonchev–Trinajstić information content (AvgIpc) is 2.25. The Kier molecular flexibility index (Phi) is 3.57. The van der Waals surface area contributed by atoms with Crippen LogP contribution in [0.4, 0.5) is 0 Å². The van der Waals surface area contributed by atoms with Crippen LogP contribution >= 0.6 is 34.8 Å². The Hall–Kier alpha value is -1.23. The zero-order chi connectivity index (χ0) is 11.6. The lowest BCUT2D eigenvalue weighted by Crippen LogP contribution is -1.94. The van der Waals surface area contributed by atoms with Crippen LogP contribution in [0.25, 0.3) is 0 Å². The molecule has 15 heavy (non-hydrogen) atoms. The lowest BCUT2D eigenvalue weighted by molar-refractivity contribution is 1.54. The smallest absolute Gasteiger partial charge is 0.0804 e. The van der Waals surface area contributed by atoms with Gasteiger partial charge in [0.1, 0.15) is 0 Å². The van der Waals surface area contributed by atoms with Crippen molar-refractivity contribution in [2.24, 2.45) is 0 Å². The summed E-state index contributed by atoms with van der Waals surface area (Å²) in [5.41, 5.74) is 0.905. The van der Waals surface area contributed by atoms with Gasteiger partial charge in [-0.2, -0.15) is 0 Å². The molecule has 0 heterocycles. The predicted molar refractivity (Wildman–Crippen MR) is 65.3 cm³/mol. The quantitative estimate of drug-likeness (QED) is 0.490. The highest BCUT2D eigenvalue weighted by Crippen LogP contribution is 2.37. The van der Waals surface area contributed by atoms with Crippen LogP contribution in [0, 0.1) is 37.0 Å². The minimum Gasteiger partial charge on any atom is -0.115 e. The van der Waals surface area contributed by atoms with E-state index in [2.05, 4.69) is 17.8 Å². The summed E-state index contributed by atoms with van der Waals surface area (Å²) in [6, 6.07) is 0. The number of hydrogen-bond donors (Lipinski definition) is 0. The molecule has 1 aromatic carbocycles. The fourth-order valence-electron chi connectivity index (χ4n) is 1.08. The zero-order valence-electron chi connectivity index (χ0n) is 7.37. The highest BCUT2D eigenvalue weighted by Gasteiger charge is 2.17. The van der Waals surface area contributed by atoms with Gasteiger partial charge in [-0.3, -0.25) is 0 Å².